The van der Waals surface area contributed by atoms with Crippen molar-refractivity contribution in [3.05, 3.63) is 192 Å². The zero-order valence-electron chi connectivity index (χ0n) is 27.8. The minimum absolute atomic E-state index is 0.523. The molecule has 2 aliphatic rings. The Morgan fingerprint density at radius 3 is 1.83 bits per heavy atom. The maximum Gasteiger partial charge on any atom is 0.180 e. The summed E-state index contributed by atoms with van der Waals surface area (Å²) in [5.41, 5.74) is 17.2. The van der Waals surface area contributed by atoms with Crippen LogP contribution in [0.3, 0.4) is 0 Å². The molecule has 0 amide bonds. The Bertz CT molecular complexity index is 2920. The Morgan fingerprint density at radius 2 is 1.08 bits per heavy atom. The highest BCUT2D eigenvalue weighted by molar-refractivity contribution is 6.07. The molecule has 0 atom stereocenters. The molecule has 52 heavy (non-hydrogen) atoms. The number of para-hydroxylation sites is 1. The normalized spacial score (nSPS) is 13.1. The van der Waals surface area contributed by atoms with Gasteiger partial charge in [0.2, 0.25) is 0 Å². The maximum absolute atomic E-state index is 10.0. The van der Waals surface area contributed by atoms with Gasteiger partial charge in [-0.05, 0) is 86.0 Å². The van der Waals surface area contributed by atoms with E-state index in [1.165, 1.54) is 44.5 Å². The van der Waals surface area contributed by atoms with Crippen molar-refractivity contribution in [3.63, 3.8) is 0 Å². The number of hydrogen-bond acceptors (Lipinski definition) is 4. The third-order valence-corrected chi connectivity index (χ3v) is 11.0. The molecule has 11 rings (SSSR count). The van der Waals surface area contributed by atoms with E-state index in [-0.39, 0.29) is 0 Å². The first-order chi connectivity index (χ1) is 25.7. The molecule has 0 saturated heterocycles. The molecule has 1 spiro atoms. The van der Waals surface area contributed by atoms with E-state index in [0.717, 1.165) is 44.4 Å². The van der Waals surface area contributed by atoms with Gasteiger partial charge in [-0.2, -0.15) is 5.26 Å². The van der Waals surface area contributed by atoms with Gasteiger partial charge in [-0.25, -0.2) is 9.97 Å². The van der Waals surface area contributed by atoms with Gasteiger partial charge in [-0.3, -0.25) is 0 Å². The van der Waals surface area contributed by atoms with Gasteiger partial charge in [0.25, 0.3) is 0 Å². The van der Waals surface area contributed by atoms with E-state index in [9.17, 15) is 5.26 Å². The molecule has 0 aliphatic heterocycles. The quantitative estimate of drug-likeness (QED) is 0.189. The van der Waals surface area contributed by atoms with Crippen LogP contribution in [0, 0.1) is 11.3 Å². The van der Waals surface area contributed by atoms with Crippen LogP contribution in [0.15, 0.2) is 168 Å². The number of rotatable bonds is 3. The van der Waals surface area contributed by atoms with Gasteiger partial charge in [0.05, 0.1) is 17.0 Å². The van der Waals surface area contributed by atoms with Crippen molar-refractivity contribution in [1.29, 1.82) is 5.26 Å². The number of nitriles is 1. The number of nitrogens with zero attached hydrogens (tertiary/aromatic N) is 3. The summed E-state index contributed by atoms with van der Waals surface area (Å²) in [7, 11) is 0. The standard InChI is InChI=1S/C48H27N3O/c49-28-29-18-24-36-37-25-23-33(27-42(37)48(41(36)26-29)39-15-7-4-12-34(39)35-13-5-8-16-40(35)48)30-19-21-32(22-20-30)47-50-44(31-10-2-1-3-11-31)46-45(51-47)38-14-6-9-17-43(38)52-46/h1-27H. The Hall–Kier alpha value is -7.09. The highest BCUT2D eigenvalue weighted by Crippen LogP contribution is 2.63. The lowest BCUT2D eigenvalue weighted by Gasteiger charge is -2.30. The third kappa shape index (κ3) is 3.85. The summed E-state index contributed by atoms with van der Waals surface area (Å²) in [6, 6.07) is 59.7. The summed E-state index contributed by atoms with van der Waals surface area (Å²) in [4.78, 5) is 10.2. The van der Waals surface area contributed by atoms with Crippen LogP contribution in [-0.4, -0.2) is 9.97 Å². The SMILES string of the molecule is N#Cc1ccc2c(c1)C1(c3ccccc3-c3ccccc31)c1cc(-c3ccc(-c4nc(-c5ccccc5)c5oc6ccccc6c5n4)cc3)ccc1-2. The molecule has 240 valence electrons. The molecule has 0 saturated carbocycles. The molecule has 2 aliphatic carbocycles. The number of fused-ring (bicyclic) bond motifs is 13. The Kier molecular flexibility index (Phi) is 5.91. The van der Waals surface area contributed by atoms with Gasteiger partial charge in [0.15, 0.2) is 11.4 Å². The minimum atomic E-state index is -0.523. The third-order valence-electron chi connectivity index (χ3n) is 11.0. The van der Waals surface area contributed by atoms with Gasteiger partial charge in [-0.1, -0.05) is 133 Å². The first kappa shape index (κ1) is 28.7. The summed E-state index contributed by atoms with van der Waals surface area (Å²) in [5.74, 6) is 0.653. The predicted molar refractivity (Wildman–Crippen MR) is 207 cm³/mol. The Labute approximate surface area is 299 Å². The molecule has 0 unspecified atom stereocenters. The van der Waals surface area contributed by atoms with E-state index in [1.54, 1.807) is 0 Å². The maximum atomic E-state index is 10.0. The molecular formula is C48H27N3O. The topological polar surface area (TPSA) is 62.7 Å². The van der Waals surface area contributed by atoms with Crippen molar-refractivity contribution < 1.29 is 4.42 Å². The lowest BCUT2D eigenvalue weighted by molar-refractivity contribution is 0.667. The van der Waals surface area contributed by atoms with Crippen LogP contribution >= 0.6 is 0 Å². The molecule has 9 aromatic rings. The van der Waals surface area contributed by atoms with Crippen LogP contribution in [0.1, 0.15) is 27.8 Å². The van der Waals surface area contributed by atoms with Crippen LogP contribution in [0.4, 0.5) is 0 Å². The van der Waals surface area contributed by atoms with Crippen molar-refractivity contribution in [2.24, 2.45) is 0 Å². The number of hydrogen-bond donors (Lipinski definition) is 0. The van der Waals surface area contributed by atoms with Crippen LogP contribution in [-0.2, 0) is 5.41 Å². The molecular weight excluding hydrogens is 635 g/mol. The van der Waals surface area contributed by atoms with Crippen LogP contribution in [0.2, 0.25) is 0 Å². The monoisotopic (exact) mass is 661 g/mol. The molecule has 0 radical (unpaired) electrons. The Morgan fingerprint density at radius 1 is 0.481 bits per heavy atom. The van der Waals surface area contributed by atoms with Crippen LogP contribution in [0.25, 0.3) is 78.1 Å². The smallest absolute Gasteiger partial charge is 0.180 e. The van der Waals surface area contributed by atoms with Crippen molar-refractivity contribution >= 4 is 22.1 Å². The molecule has 0 fully saturated rings. The molecule has 4 nitrogen and oxygen atoms in total. The lowest BCUT2D eigenvalue weighted by atomic mass is 9.70. The van der Waals surface area contributed by atoms with Crippen molar-refractivity contribution in [3.8, 4) is 62.1 Å². The highest BCUT2D eigenvalue weighted by atomic mass is 16.3. The summed E-state index contributed by atoms with van der Waals surface area (Å²) < 4.78 is 6.32. The van der Waals surface area contributed by atoms with Gasteiger partial charge in [0.1, 0.15) is 16.8 Å². The van der Waals surface area contributed by atoms with Gasteiger partial charge in [-0.15, -0.1) is 0 Å². The van der Waals surface area contributed by atoms with Crippen LogP contribution in [0.5, 0.6) is 0 Å². The summed E-state index contributed by atoms with van der Waals surface area (Å²) in [6.07, 6.45) is 0. The fourth-order valence-corrected chi connectivity index (χ4v) is 8.71. The molecule has 0 N–H and O–H groups in total. The van der Waals surface area contributed by atoms with E-state index in [1.807, 2.05) is 42.5 Å². The first-order valence-electron chi connectivity index (χ1n) is 17.5. The van der Waals surface area contributed by atoms with E-state index in [0.29, 0.717) is 17.0 Å². The van der Waals surface area contributed by atoms with Gasteiger partial charge < -0.3 is 4.42 Å². The highest BCUT2D eigenvalue weighted by Gasteiger charge is 2.51. The second-order valence-electron chi connectivity index (χ2n) is 13.6. The van der Waals surface area contributed by atoms with Crippen molar-refractivity contribution in [2.45, 2.75) is 5.41 Å². The molecule has 2 aromatic heterocycles. The van der Waals surface area contributed by atoms with Crippen molar-refractivity contribution in [1.82, 2.24) is 9.97 Å². The van der Waals surface area contributed by atoms with Crippen LogP contribution < -0.4 is 0 Å². The summed E-state index contributed by atoms with van der Waals surface area (Å²) in [5, 5.41) is 11.0. The molecule has 7 aromatic carbocycles. The fraction of sp³-hybridized carbons (Fsp3) is 0.0208. The largest absolute Gasteiger partial charge is 0.452 e. The minimum Gasteiger partial charge on any atom is -0.452 e. The average molecular weight is 662 g/mol. The number of aromatic nitrogens is 2. The summed E-state index contributed by atoms with van der Waals surface area (Å²) >= 11 is 0. The van der Waals surface area contributed by atoms with Gasteiger partial charge >= 0.3 is 0 Å². The second-order valence-corrected chi connectivity index (χ2v) is 13.6. The number of benzene rings is 7. The summed E-state index contributed by atoms with van der Waals surface area (Å²) in [6.45, 7) is 0. The average Bonchev–Trinajstić information content (AvgIpc) is 3.84. The molecule has 0 bridgehead atoms. The van der Waals surface area contributed by atoms with E-state index in [2.05, 4.69) is 127 Å². The zero-order valence-corrected chi connectivity index (χ0v) is 27.8. The number of furan rings is 1. The second kappa shape index (κ2) is 10.7. The van der Waals surface area contributed by atoms with Crippen molar-refractivity contribution in [2.75, 3.05) is 0 Å². The fourth-order valence-electron chi connectivity index (χ4n) is 8.71. The molecule has 4 heteroatoms. The zero-order chi connectivity index (χ0) is 34.4. The van der Waals surface area contributed by atoms with E-state index >= 15 is 0 Å². The van der Waals surface area contributed by atoms with E-state index in [4.69, 9.17) is 14.4 Å². The Balaban J connectivity index is 1.07. The predicted octanol–water partition coefficient (Wildman–Crippen LogP) is 11.6. The lowest BCUT2D eigenvalue weighted by Crippen LogP contribution is -2.26. The first-order valence-corrected chi connectivity index (χ1v) is 17.5. The van der Waals surface area contributed by atoms with Gasteiger partial charge in [0, 0.05) is 16.5 Å². The molecule has 2 heterocycles. The van der Waals surface area contributed by atoms with E-state index < -0.39 is 5.41 Å².